The summed E-state index contributed by atoms with van der Waals surface area (Å²) in [7, 11) is 0. The quantitative estimate of drug-likeness (QED) is 0.754. The van der Waals surface area contributed by atoms with Gasteiger partial charge in [0.2, 0.25) is 0 Å². The topological polar surface area (TPSA) is 55.0 Å². The van der Waals surface area contributed by atoms with Gasteiger partial charge in [-0.15, -0.1) is 0 Å². The molecule has 2 bridgehead atoms. The van der Waals surface area contributed by atoms with Crippen LogP contribution in [-0.4, -0.2) is 22.8 Å². The van der Waals surface area contributed by atoms with Gasteiger partial charge in [-0.1, -0.05) is 20.3 Å². The van der Waals surface area contributed by atoms with Crippen LogP contribution >= 0.6 is 0 Å². The second-order valence-corrected chi connectivity index (χ2v) is 10.7. The van der Waals surface area contributed by atoms with Crippen LogP contribution in [0.5, 0.6) is 0 Å². The van der Waals surface area contributed by atoms with Gasteiger partial charge in [0.25, 0.3) is 0 Å². The highest BCUT2D eigenvalue weighted by Crippen LogP contribution is 2.72. The van der Waals surface area contributed by atoms with E-state index in [2.05, 4.69) is 37.2 Å². The SMILES string of the molecule is CCOC(=O)[C@]1(C)CCC[C@@]2(C)[C@@H]3CC[C@@]4(C)C[C@]3(CC[C@@H]21)c1cn[nH]c14. The van der Waals surface area contributed by atoms with Crippen molar-refractivity contribution in [2.45, 2.75) is 89.9 Å². The van der Waals surface area contributed by atoms with E-state index in [0.29, 0.717) is 18.4 Å². The molecule has 1 N–H and O–H groups in total. The highest BCUT2D eigenvalue weighted by atomic mass is 16.5. The molecule has 0 saturated heterocycles. The Morgan fingerprint density at radius 1 is 1.19 bits per heavy atom. The predicted molar refractivity (Wildman–Crippen MR) is 104 cm³/mol. The van der Waals surface area contributed by atoms with Crippen molar-refractivity contribution in [2.24, 2.45) is 22.7 Å². The molecule has 6 atom stereocenters. The molecule has 27 heavy (non-hydrogen) atoms. The number of carbonyl (C=O) groups excluding carboxylic acids is 1. The van der Waals surface area contributed by atoms with Gasteiger partial charge in [-0.3, -0.25) is 9.89 Å². The van der Waals surface area contributed by atoms with E-state index in [1.54, 1.807) is 0 Å². The number of ether oxygens (including phenoxy) is 1. The van der Waals surface area contributed by atoms with Crippen LogP contribution in [0, 0.1) is 22.7 Å². The summed E-state index contributed by atoms with van der Waals surface area (Å²) in [6, 6.07) is 0. The van der Waals surface area contributed by atoms with Crippen LogP contribution in [0.3, 0.4) is 0 Å². The Bertz CT molecular complexity index is 787. The zero-order valence-corrected chi connectivity index (χ0v) is 17.4. The molecule has 4 aliphatic carbocycles. The lowest BCUT2D eigenvalue weighted by atomic mass is 9.40. The number of aromatic amines is 1. The Hall–Kier alpha value is -1.32. The second-order valence-electron chi connectivity index (χ2n) is 10.7. The van der Waals surface area contributed by atoms with Crippen molar-refractivity contribution in [2.75, 3.05) is 6.61 Å². The van der Waals surface area contributed by atoms with E-state index >= 15 is 0 Å². The van der Waals surface area contributed by atoms with E-state index in [0.717, 1.165) is 19.3 Å². The third-order valence-electron chi connectivity index (χ3n) is 9.53. The van der Waals surface area contributed by atoms with Crippen molar-refractivity contribution in [3.8, 4) is 0 Å². The lowest BCUT2D eigenvalue weighted by Gasteiger charge is -2.64. The summed E-state index contributed by atoms with van der Waals surface area (Å²) in [6.07, 6.45) is 11.7. The molecule has 1 spiro atoms. The number of H-pyrrole nitrogens is 1. The lowest BCUT2D eigenvalue weighted by Crippen LogP contribution is -2.60. The first-order valence-corrected chi connectivity index (χ1v) is 11.0. The fraction of sp³-hybridized carbons (Fsp3) is 0.826. The first-order chi connectivity index (χ1) is 12.8. The minimum Gasteiger partial charge on any atom is -0.466 e. The summed E-state index contributed by atoms with van der Waals surface area (Å²) in [6.45, 7) is 9.57. The van der Waals surface area contributed by atoms with Crippen LogP contribution in [-0.2, 0) is 20.4 Å². The summed E-state index contributed by atoms with van der Waals surface area (Å²) in [5.74, 6) is 1.14. The monoisotopic (exact) mass is 370 g/mol. The summed E-state index contributed by atoms with van der Waals surface area (Å²) in [5.41, 5.74) is 3.37. The van der Waals surface area contributed by atoms with E-state index in [-0.39, 0.29) is 27.6 Å². The van der Waals surface area contributed by atoms with Gasteiger partial charge in [-0.05, 0) is 76.0 Å². The Morgan fingerprint density at radius 3 is 2.74 bits per heavy atom. The third kappa shape index (κ3) is 2.00. The van der Waals surface area contributed by atoms with Crippen molar-refractivity contribution in [1.29, 1.82) is 0 Å². The van der Waals surface area contributed by atoms with Gasteiger partial charge < -0.3 is 4.74 Å². The number of hydrogen-bond acceptors (Lipinski definition) is 3. The van der Waals surface area contributed by atoms with Crippen LogP contribution < -0.4 is 0 Å². The first-order valence-electron chi connectivity index (χ1n) is 11.0. The standard InChI is InChI=1S/C23H34N2O2/c1-5-27-19(26)22(4)10-6-9-21(3)16(22)8-12-23-14-20(2,11-7-17(21)23)18-15(23)13-24-25-18/h13,16-17H,5-12,14H2,1-4H3,(H,24,25)/t16-,17-,20-,21+,22+,23+/m0/s1. The van der Waals surface area contributed by atoms with Crippen molar-refractivity contribution < 1.29 is 9.53 Å². The molecule has 0 amide bonds. The number of rotatable bonds is 2. The third-order valence-corrected chi connectivity index (χ3v) is 9.53. The zero-order valence-electron chi connectivity index (χ0n) is 17.4. The van der Waals surface area contributed by atoms with Gasteiger partial charge in [0.05, 0.1) is 18.2 Å². The van der Waals surface area contributed by atoms with Crippen molar-refractivity contribution in [1.82, 2.24) is 10.2 Å². The fourth-order valence-corrected chi connectivity index (χ4v) is 8.55. The van der Waals surface area contributed by atoms with E-state index in [1.807, 2.05) is 6.92 Å². The number of esters is 1. The molecule has 0 radical (unpaired) electrons. The van der Waals surface area contributed by atoms with Crippen LogP contribution in [0.25, 0.3) is 0 Å². The molecular weight excluding hydrogens is 336 g/mol. The molecule has 1 aromatic rings. The Morgan fingerprint density at radius 2 is 1.96 bits per heavy atom. The fourth-order valence-electron chi connectivity index (χ4n) is 8.55. The van der Waals surface area contributed by atoms with Gasteiger partial charge in [-0.25, -0.2) is 0 Å². The van der Waals surface area contributed by atoms with Gasteiger partial charge in [0, 0.05) is 22.1 Å². The summed E-state index contributed by atoms with van der Waals surface area (Å²) in [5, 5.41) is 7.84. The molecule has 0 unspecified atom stereocenters. The summed E-state index contributed by atoms with van der Waals surface area (Å²) < 4.78 is 5.58. The van der Waals surface area contributed by atoms with Crippen LogP contribution in [0.2, 0.25) is 0 Å². The van der Waals surface area contributed by atoms with Crippen LogP contribution in [0.4, 0.5) is 0 Å². The highest BCUT2D eigenvalue weighted by molar-refractivity contribution is 5.77. The maximum Gasteiger partial charge on any atom is 0.312 e. The van der Waals surface area contributed by atoms with E-state index < -0.39 is 0 Å². The van der Waals surface area contributed by atoms with E-state index in [4.69, 9.17) is 4.74 Å². The number of fused-ring (bicyclic) bond motifs is 5. The zero-order chi connectivity index (χ0) is 19.1. The maximum absolute atomic E-state index is 13.0. The number of nitrogens with one attached hydrogen (secondary N) is 1. The summed E-state index contributed by atoms with van der Waals surface area (Å²) >= 11 is 0. The first kappa shape index (κ1) is 17.8. The van der Waals surface area contributed by atoms with Crippen LogP contribution in [0.1, 0.15) is 90.3 Å². The molecule has 3 fully saturated rings. The molecule has 4 heteroatoms. The molecule has 1 aromatic heterocycles. The van der Waals surface area contributed by atoms with E-state index in [1.165, 1.54) is 43.4 Å². The molecule has 3 saturated carbocycles. The summed E-state index contributed by atoms with van der Waals surface area (Å²) in [4.78, 5) is 13.0. The molecule has 4 aliphatic rings. The average Bonchev–Trinajstić information content (AvgIpc) is 3.17. The Balaban J connectivity index is 1.58. The predicted octanol–water partition coefficient (Wildman–Crippen LogP) is 4.89. The number of nitrogens with zero attached hydrogens (tertiary/aromatic N) is 1. The number of carbonyl (C=O) groups is 1. The molecule has 5 rings (SSSR count). The normalized spacial score (nSPS) is 47.7. The lowest BCUT2D eigenvalue weighted by molar-refractivity contribution is -0.180. The molecular formula is C23H34N2O2. The molecule has 0 aromatic carbocycles. The molecule has 0 aliphatic heterocycles. The minimum absolute atomic E-state index is 0.0490. The molecule has 148 valence electrons. The van der Waals surface area contributed by atoms with Gasteiger partial charge >= 0.3 is 5.97 Å². The van der Waals surface area contributed by atoms with Crippen molar-refractivity contribution >= 4 is 5.97 Å². The Kier molecular flexibility index (Phi) is 3.54. The number of hydrogen-bond donors (Lipinski definition) is 1. The van der Waals surface area contributed by atoms with Gasteiger partial charge in [0.1, 0.15) is 0 Å². The largest absolute Gasteiger partial charge is 0.466 e. The maximum atomic E-state index is 13.0. The van der Waals surface area contributed by atoms with Gasteiger partial charge in [0.15, 0.2) is 0 Å². The van der Waals surface area contributed by atoms with Gasteiger partial charge in [-0.2, -0.15) is 5.10 Å². The minimum atomic E-state index is -0.316. The van der Waals surface area contributed by atoms with Crippen molar-refractivity contribution in [3.63, 3.8) is 0 Å². The molecule has 1 heterocycles. The van der Waals surface area contributed by atoms with Crippen LogP contribution in [0.15, 0.2) is 6.20 Å². The second kappa shape index (κ2) is 5.39. The van der Waals surface area contributed by atoms with E-state index in [9.17, 15) is 4.79 Å². The Labute approximate surface area is 162 Å². The van der Waals surface area contributed by atoms with Crippen molar-refractivity contribution in [3.05, 3.63) is 17.5 Å². The molecule has 4 nitrogen and oxygen atoms in total. The number of aromatic nitrogens is 2. The average molecular weight is 371 g/mol. The highest BCUT2D eigenvalue weighted by Gasteiger charge is 2.68. The smallest absolute Gasteiger partial charge is 0.312 e.